The summed E-state index contributed by atoms with van der Waals surface area (Å²) in [6.07, 6.45) is 1.38. The molecular weight excluding hydrogens is 335 g/mol. The number of carbonyl (C=O) groups is 1. The molecule has 3 nitrogen and oxygen atoms in total. The number of benzene rings is 2. The predicted octanol–water partition coefficient (Wildman–Crippen LogP) is 4.05. The van der Waals surface area contributed by atoms with Crippen LogP contribution < -0.4 is 10.2 Å². The Labute approximate surface area is 143 Å². The maximum absolute atomic E-state index is 13.9. The lowest BCUT2D eigenvalue weighted by Gasteiger charge is -2.14. The molecule has 1 aliphatic heterocycles. The first-order valence-electron chi connectivity index (χ1n) is 6.85. The lowest BCUT2D eigenvalue weighted by molar-refractivity contribution is -0.113. The zero-order valence-corrected chi connectivity index (χ0v) is 13.7. The van der Waals surface area contributed by atoms with Crippen molar-refractivity contribution in [1.82, 2.24) is 5.32 Å². The molecule has 0 aromatic heterocycles. The van der Waals surface area contributed by atoms with Crippen molar-refractivity contribution in [3.05, 3.63) is 70.1 Å². The molecule has 23 heavy (non-hydrogen) atoms. The molecule has 0 unspecified atom stereocenters. The fourth-order valence-corrected chi connectivity index (χ4v) is 2.85. The summed E-state index contributed by atoms with van der Waals surface area (Å²) in [7, 11) is 0. The number of rotatable bonds is 2. The molecule has 0 radical (unpaired) electrons. The van der Waals surface area contributed by atoms with Gasteiger partial charge in [0, 0.05) is 5.56 Å². The van der Waals surface area contributed by atoms with Crippen molar-refractivity contribution in [3.8, 4) is 0 Å². The SMILES string of the molecule is Cc1cccc(N2C(=O)/C(=C\c3c(F)cccc3Cl)NC2=S)c1. The van der Waals surface area contributed by atoms with Crippen LogP contribution in [0.25, 0.3) is 6.08 Å². The Balaban J connectivity index is 2.00. The summed E-state index contributed by atoms with van der Waals surface area (Å²) in [5, 5.41) is 3.30. The van der Waals surface area contributed by atoms with Crippen molar-refractivity contribution < 1.29 is 9.18 Å². The smallest absolute Gasteiger partial charge is 0.281 e. The van der Waals surface area contributed by atoms with Crippen LogP contribution in [0, 0.1) is 12.7 Å². The molecular formula is C17H12ClFN2OS. The van der Waals surface area contributed by atoms with Crippen molar-refractivity contribution in [3.63, 3.8) is 0 Å². The van der Waals surface area contributed by atoms with Crippen LogP contribution in [0.5, 0.6) is 0 Å². The van der Waals surface area contributed by atoms with E-state index in [1.54, 1.807) is 12.1 Å². The summed E-state index contributed by atoms with van der Waals surface area (Å²) in [4.78, 5) is 14.0. The average Bonchev–Trinajstić information content (AvgIpc) is 2.77. The minimum Gasteiger partial charge on any atom is -0.327 e. The number of carbonyl (C=O) groups excluding carboxylic acids is 1. The molecule has 1 N–H and O–H groups in total. The maximum Gasteiger partial charge on any atom is 0.281 e. The maximum atomic E-state index is 13.9. The van der Waals surface area contributed by atoms with Gasteiger partial charge in [-0.05, 0) is 55.0 Å². The van der Waals surface area contributed by atoms with Crippen molar-refractivity contribution in [1.29, 1.82) is 0 Å². The van der Waals surface area contributed by atoms with Crippen LogP contribution in [0.1, 0.15) is 11.1 Å². The summed E-state index contributed by atoms with van der Waals surface area (Å²) in [5.41, 5.74) is 2.01. The average molecular weight is 347 g/mol. The first kappa shape index (κ1) is 15.6. The zero-order chi connectivity index (χ0) is 16.6. The molecule has 2 aromatic rings. The van der Waals surface area contributed by atoms with E-state index >= 15 is 0 Å². The number of halogens is 2. The van der Waals surface area contributed by atoms with Gasteiger partial charge in [-0.25, -0.2) is 4.39 Å². The van der Waals surface area contributed by atoms with Gasteiger partial charge in [-0.15, -0.1) is 0 Å². The number of amides is 1. The lowest BCUT2D eigenvalue weighted by Crippen LogP contribution is -2.30. The van der Waals surface area contributed by atoms with Crippen molar-refractivity contribution in [2.45, 2.75) is 6.92 Å². The number of nitrogens with zero attached hydrogens (tertiary/aromatic N) is 1. The van der Waals surface area contributed by atoms with Gasteiger partial charge in [0.25, 0.3) is 5.91 Å². The van der Waals surface area contributed by atoms with E-state index in [-0.39, 0.29) is 27.3 Å². The van der Waals surface area contributed by atoms with Gasteiger partial charge in [-0.3, -0.25) is 9.69 Å². The van der Waals surface area contributed by atoms with Gasteiger partial charge < -0.3 is 5.32 Å². The molecule has 0 saturated carbocycles. The van der Waals surface area contributed by atoms with E-state index in [4.69, 9.17) is 23.8 Å². The van der Waals surface area contributed by atoms with Crippen LogP contribution >= 0.6 is 23.8 Å². The van der Waals surface area contributed by atoms with Crippen LogP contribution in [0.4, 0.5) is 10.1 Å². The molecule has 6 heteroatoms. The first-order valence-corrected chi connectivity index (χ1v) is 7.64. The second-order valence-electron chi connectivity index (χ2n) is 5.10. The minimum atomic E-state index is -0.500. The fraction of sp³-hybridized carbons (Fsp3) is 0.0588. The number of nitrogens with one attached hydrogen (secondary N) is 1. The summed E-state index contributed by atoms with van der Waals surface area (Å²) in [6.45, 7) is 1.93. The molecule has 1 aliphatic rings. The van der Waals surface area contributed by atoms with Crippen LogP contribution in [-0.2, 0) is 4.79 Å². The quantitative estimate of drug-likeness (QED) is 0.657. The third kappa shape index (κ3) is 2.98. The summed E-state index contributed by atoms with van der Waals surface area (Å²) >= 11 is 11.2. The van der Waals surface area contributed by atoms with Crippen LogP contribution in [0.2, 0.25) is 5.02 Å². The van der Waals surface area contributed by atoms with Crippen LogP contribution in [0.15, 0.2) is 48.2 Å². The van der Waals surface area contributed by atoms with Crippen LogP contribution in [-0.4, -0.2) is 11.0 Å². The predicted molar refractivity (Wildman–Crippen MR) is 93.8 cm³/mol. The van der Waals surface area contributed by atoms with Gasteiger partial charge in [0.1, 0.15) is 11.5 Å². The van der Waals surface area contributed by atoms with Crippen molar-refractivity contribution >= 4 is 46.6 Å². The Hall–Kier alpha value is -2.24. The van der Waals surface area contributed by atoms with Gasteiger partial charge in [0.05, 0.1) is 10.7 Å². The molecule has 1 saturated heterocycles. The van der Waals surface area contributed by atoms with Gasteiger partial charge in [-0.2, -0.15) is 0 Å². The highest BCUT2D eigenvalue weighted by atomic mass is 35.5. The Bertz CT molecular complexity index is 830. The largest absolute Gasteiger partial charge is 0.327 e. The molecule has 1 heterocycles. The highest BCUT2D eigenvalue weighted by Crippen LogP contribution is 2.26. The second-order valence-corrected chi connectivity index (χ2v) is 5.90. The van der Waals surface area contributed by atoms with Gasteiger partial charge in [0.2, 0.25) is 0 Å². The first-order chi connectivity index (χ1) is 11.0. The Morgan fingerprint density at radius 1 is 1.26 bits per heavy atom. The number of anilines is 1. The molecule has 0 aliphatic carbocycles. The number of hydrogen-bond acceptors (Lipinski definition) is 2. The molecule has 116 valence electrons. The zero-order valence-electron chi connectivity index (χ0n) is 12.1. The Kier molecular flexibility index (Phi) is 4.15. The lowest BCUT2D eigenvalue weighted by atomic mass is 10.1. The van der Waals surface area contributed by atoms with Gasteiger partial charge >= 0.3 is 0 Å². The summed E-state index contributed by atoms with van der Waals surface area (Å²) in [6, 6.07) is 11.8. The molecule has 0 bridgehead atoms. The third-order valence-electron chi connectivity index (χ3n) is 3.43. The Morgan fingerprint density at radius 2 is 2.00 bits per heavy atom. The Morgan fingerprint density at radius 3 is 2.70 bits per heavy atom. The van der Waals surface area contributed by atoms with E-state index in [0.717, 1.165) is 5.56 Å². The van der Waals surface area contributed by atoms with E-state index in [1.165, 1.54) is 23.1 Å². The number of thiocarbonyl (C=S) groups is 1. The molecule has 1 amide bonds. The van der Waals surface area contributed by atoms with E-state index in [2.05, 4.69) is 5.32 Å². The fourth-order valence-electron chi connectivity index (χ4n) is 2.33. The number of aryl methyl sites for hydroxylation is 1. The molecule has 2 aromatic carbocycles. The van der Waals surface area contributed by atoms with Gasteiger partial charge in [-0.1, -0.05) is 29.8 Å². The van der Waals surface area contributed by atoms with E-state index < -0.39 is 5.82 Å². The molecule has 3 rings (SSSR count). The van der Waals surface area contributed by atoms with E-state index in [0.29, 0.717) is 5.69 Å². The second kappa shape index (κ2) is 6.10. The summed E-state index contributed by atoms with van der Waals surface area (Å²) in [5.74, 6) is -0.848. The standard InChI is InChI=1S/C17H12ClFN2OS/c1-10-4-2-5-11(8-10)21-16(22)15(20-17(21)23)9-12-13(18)6-3-7-14(12)19/h2-9H,1H3,(H,20,23)/b15-9+. The third-order valence-corrected chi connectivity index (χ3v) is 4.04. The molecule has 1 fully saturated rings. The minimum absolute atomic E-state index is 0.152. The molecule has 0 spiro atoms. The number of hydrogen-bond donors (Lipinski definition) is 1. The topological polar surface area (TPSA) is 32.3 Å². The van der Waals surface area contributed by atoms with E-state index in [9.17, 15) is 9.18 Å². The van der Waals surface area contributed by atoms with Crippen molar-refractivity contribution in [2.75, 3.05) is 4.90 Å². The highest BCUT2D eigenvalue weighted by Gasteiger charge is 2.32. The van der Waals surface area contributed by atoms with Gasteiger partial charge in [0.15, 0.2) is 5.11 Å². The highest BCUT2D eigenvalue weighted by molar-refractivity contribution is 7.80. The summed E-state index contributed by atoms with van der Waals surface area (Å²) < 4.78 is 13.9. The van der Waals surface area contributed by atoms with Crippen LogP contribution in [0.3, 0.4) is 0 Å². The molecule has 0 atom stereocenters. The monoisotopic (exact) mass is 346 g/mol. The van der Waals surface area contributed by atoms with Crippen molar-refractivity contribution in [2.24, 2.45) is 0 Å². The normalized spacial score (nSPS) is 16.1. The van der Waals surface area contributed by atoms with E-state index in [1.807, 2.05) is 25.1 Å².